The smallest absolute Gasteiger partial charge is 0.408 e. The van der Waals surface area contributed by atoms with Crippen LogP contribution in [0.1, 0.15) is 70.8 Å². The Morgan fingerprint density at radius 2 is 1.87 bits per heavy atom. The van der Waals surface area contributed by atoms with Gasteiger partial charge < -0.3 is 19.7 Å². The number of piperidine rings is 1. The number of piperazine rings is 1. The Hall–Kier alpha value is -2.72. The molecule has 38 heavy (non-hydrogen) atoms. The molecule has 5 fully saturated rings. The number of fused-ring (bicyclic) bond motifs is 3. The van der Waals surface area contributed by atoms with Crippen molar-refractivity contribution in [3.63, 3.8) is 0 Å². The van der Waals surface area contributed by atoms with Gasteiger partial charge in [-0.1, -0.05) is 6.07 Å². The van der Waals surface area contributed by atoms with Gasteiger partial charge in [-0.05, 0) is 70.6 Å². The van der Waals surface area contributed by atoms with Crippen molar-refractivity contribution < 1.29 is 28.2 Å². The zero-order chi connectivity index (χ0) is 27.1. The molecule has 1 atom stereocenters. The molecule has 10 heteroatoms. The Bertz CT molecular complexity index is 1070. The van der Waals surface area contributed by atoms with Crippen molar-refractivity contribution >= 4 is 23.6 Å². The van der Waals surface area contributed by atoms with Crippen LogP contribution in [0, 0.1) is 5.82 Å². The minimum atomic E-state index is -0.532. The lowest BCUT2D eigenvalue weighted by Gasteiger charge is -2.54. The average molecular weight is 531 g/mol. The van der Waals surface area contributed by atoms with Gasteiger partial charge in [0.05, 0.1) is 29.4 Å². The summed E-state index contributed by atoms with van der Waals surface area (Å²) in [6.45, 7) is 9.93. The van der Waals surface area contributed by atoms with E-state index in [1.807, 2.05) is 20.8 Å². The molecule has 1 aliphatic carbocycles. The van der Waals surface area contributed by atoms with Crippen LogP contribution in [0.3, 0.4) is 0 Å². The third kappa shape index (κ3) is 5.81. The summed E-state index contributed by atoms with van der Waals surface area (Å²) < 4.78 is 26.9. The Morgan fingerprint density at radius 3 is 2.45 bits per heavy atom. The molecule has 1 aromatic rings. The van der Waals surface area contributed by atoms with Crippen molar-refractivity contribution in [3.05, 3.63) is 29.6 Å². The van der Waals surface area contributed by atoms with Crippen LogP contribution >= 0.6 is 0 Å². The highest BCUT2D eigenvalue weighted by molar-refractivity contribution is 6.00. The molecular weight excluding hydrogens is 491 g/mol. The third-order valence-electron chi connectivity index (χ3n) is 8.38. The lowest BCUT2D eigenvalue weighted by atomic mass is 9.71. The normalized spacial score (nSPS) is 30.2. The van der Waals surface area contributed by atoms with Crippen LogP contribution < -0.4 is 15.5 Å². The topological polar surface area (TPSA) is 100 Å². The van der Waals surface area contributed by atoms with Gasteiger partial charge in [0.1, 0.15) is 11.4 Å². The van der Waals surface area contributed by atoms with Gasteiger partial charge in [0, 0.05) is 39.1 Å². The molecule has 1 aromatic carbocycles. The van der Waals surface area contributed by atoms with Crippen LogP contribution in [0.25, 0.3) is 0 Å². The predicted molar refractivity (Wildman–Crippen MR) is 139 cm³/mol. The van der Waals surface area contributed by atoms with Gasteiger partial charge in [-0.2, -0.15) is 0 Å². The summed E-state index contributed by atoms with van der Waals surface area (Å²) in [6.07, 6.45) is 3.81. The Morgan fingerprint density at radius 1 is 1.16 bits per heavy atom. The first-order chi connectivity index (χ1) is 17.9. The molecule has 9 nitrogen and oxygen atoms in total. The molecule has 4 saturated heterocycles. The molecule has 2 N–H and O–H groups in total. The van der Waals surface area contributed by atoms with Gasteiger partial charge in [-0.25, -0.2) is 9.18 Å². The monoisotopic (exact) mass is 530 g/mol. The number of hydrogen-bond acceptors (Lipinski definition) is 7. The highest BCUT2D eigenvalue weighted by Crippen LogP contribution is 2.44. The van der Waals surface area contributed by atoms with Crippen molar-refractivity contribution in [1.29, 1.82) is 0 Å². The number of anilines is 1. The van der Waals surface area contributed by atoms with E-state index >= 15 is 4.39 Å². The maximum atomic E-state index is 15.1. The lowest BCUT2D eigenvalue weighted by Crippen LogP contribution is -2.66. The van der Waals surface area contributed by atoms with Crippen LogP contribution in [0.2, 0.25) is 0 Å². The zero-order valence-electron chi connectivity index (χ0n) is 22.6. The van der Waals surface area contributed by atoms with E-state index in [1.165, 1.54) is 6.07 Å². The number of carbonyl (C=O) groups excluding carboxylic acids is 3. The maximum Gasteiger partial charge on any atom is 0.408 e. The number of nitrogens with zero attached hydrogens (tertiary/aromatic N) is 2. The SMILES string of the molecule is CC(C)(C)OC(=O)NC12CCC(CN3CCN(c4ccc(C5CCC(=O)NC5=O)cc4F)CC3)(CC1)OC2. The summed E-state index contributed by atoms with van der Waals surface area (Å²) in [7, 11) is 0. The molecule has 6 rings (SSSR count). The lowest BCUT2D eigenvalue weighted by molar-refractivity contribution is -0.170. The summed E-state index contributed by atoms with van der Waals surface area (Å²) in [5, 5.41) is 5.42. The molecule has 1 unspecified atom stereocenters. The first-order valence-electron chi connectivity index (χ1n) is 13.7. The van der Waals surface area contributed by atoms with Crippen molar-refractivity contribution in [3.8, 4) is 0 Å². The predicted octanol–water partition coefficient (Wildman–Crippen LogP) is 3.07. The summed E-state index contributed by atoms with van der Waals surface area (Å²) in [6, 6.07) is 5.00. The van der Waals surface area contributed by atoms with Crippen molar-refractivity contribution in [2.45, 2.75) is 82.0 Å². The Kier molecular flexibility index (Phi) is 7.15. The number of alkyl carbamates (subject to hydrolysis) is 1. The Balaban J connectivity index is 1.12. The standard InChI is InChI=1S/C28H39FN4O5/c1-26(2,3)38-25(36)31-27-8-10-28(11-9-27,37-18-27)17-32-12-14-33(15-13-32)22-6-4-19(16-21(22)29)20-5-7-23(34)30-24(20)35/h4,6,16,20H,5,7-15,17-18H2,1-3H3,(H,31,36)(H,30,34,35). The van der Waals surface area contributed by atoms with E-state index in [9.17, 15) is 14.4 Å². The van der Waals surface area contributed by atoms with Crippen LogP contribution in [0.4, 0.5) is 14.9 Å². The van der Waals surface area contributed by atoms with E-state index in [-0.39, 0.29) is 41.3 Å². The van der Waals surface area contributed by atoms with Crippen molar-refractivity contribution in [1.82, 2.24) is 15.5 Å². The van der Waals surface area contributed by atoms with E-state index in [0.29, 0.717) is 37.4 Å². The summed E-state index contributed by atoms with van der Waals surface area (Å²) in [5.74, 6) is -1.45. The molecule has 2 bridgehead atoms. The zero-order valence-corrected chi connectivity index (χ0v) is 22.6. The molecule has 5 aliphatic rings. The molecule has 1 saturated carbocycles. The highest BCUT2D eigenvalue weighted by Gasteiger charge is 2.51. The second kappa shape index (κ2) is 10.1. The maximum absolute atomic E-state index is 15.1. The number of amides is 3. The molecule has 4 heterocycles. The van der Waals surface area contributed by atoms with Crippen LogP contribution in [-0.4, -0.2) is 78.9 Å². The number of imide groups is 1. The fourth-order valence-corrected chi connectivity index (χ4v) is 6.21. The van der Waals surface area contributed by atoms with Gasteiger partial charge in [0.2, 0.25) is 11.8 Å². The van der Waals surface area contributed by atoms with Gasteiger partial charge in [0.15, 0.2) is 0 Å². The van der Waals surface area contributed by atoms with Gasteiger partial charge in [-0.3, -0.25) is 19.8 Å². The molecule has 3 amide bonds. The van der Waals surface area contributed by atoms with Crippen molar-refractivity contribution in [2.75, 3.05) is 44.2 Å². The van der Waals surface area contributed by atoms with E-state index in [4.69, 9.17) is 9.47 Å². The molecular formula is C28H39FN4O5. The number of nitrogens with one attached hydrogen (secondary N) is 2. The second-order valence-corrected chi connectivity index (χ2v) is 12.4. The number of hydrogen-bond donors (Lipinski definition) is 2. The number of ether oxygens (including phenoxy) is 2. The number of rotatable bonds is 5. The molecule has 208 valence electrons. The minimum Gasteiger partial charge on any atom is -0.444 e. The first-order valence-corrected chi connectivity index (χ1v) is 13.7. The Labute approximate surface area is 223 Å². The summed E-state index contributed by atoms with van der Waals surface area (Å²) >= 11 is 0. The molecule has 0 aromatic heterocycles. The summed E-state index contributed by atoms with van der Waals surface area (Å²) in [4.78, 5) is 40.4. The fraction of sp³-hybridized carbons (Fsp3) is 0.679. The largest absolute Gasteiger partial charge is 0.444 e. The molecule has 0 radical (unpaired) electrons. The molecule has 4 aliphatic heterocycles. The first kappa shape index (κ1) is 26.9. The summed E-state index contributed by atoms with van der Waals surface area (Å²) in [5.41, 5.74) is 0.0747. The van der Waals surface area contributed by atoms with E-state index in [1.54, 1.807) is 12.1 Å². The average Bonchev–Trinajstić information content (AvgIpc) is 2.84. The third-order valence-corrected chi connectivity index (χ3v) is 8.38. The van der Waals surface area contributed by atoms with E-state index < -0.39 is 11.5 Å². The van der Waals surface area contributed by atoms with Crippen molar-refractivity contribution in [2.24, 2.45) is 0 Å². The fourth-order valence-electron chi connectivity index (χ4n) is 6.21. The highest BCUT2D eigenvalue weighted by atomic mass is 19.1. The van der Waals surface area contributed by atoms with Crippen LogP contribution in [0.5, 0.6) is 0 Å². The van der Waals surface area contributed by atoms with Gasteiger partial charge >= 0.3 is 6.09 Å². The van der Waals surface area contributed by atoms with E-state index in [0.717, 1.165) is 45.3 Å². The van der Waals surface area contributed by atoms with Crippen LogP contribution in [-0.2, 0) is 19.1 Å². The number of carbonyl (C=O) groups is 3. The van der Waals surface area contributed by atoms with E-state index in [2.05, 4.69) is 20.4 Å². The second-order valence-electron chi connectivity index (χ2n) is 12.4. The number of halogens is 1. The van der Waals surface area contributed by atoms with Gasteiger partial charge in [-0.15, -0.1) is 0 Å². The number of benzene rings is 1. The molecule has 0 spiro atoms. The minimum absolute atomic E-state index is 0.200. The van der Waals surface area contributed by atoms with Gasteiger partial charge in [0.25, 0.3) is 0 Å². The van der Waals surface area contributed by atoms with Crippen LogP contribution in [0.15, 0.2) is 18.2 Å². The quantitative estimate of drug-likeness (QED) is 0.565.